The highest BCUT2D eigenvalue weighted by Crippen LogP contribution is 2.45. The normalized spacial score (nSPS) is 12.2. The van der Waals surface area contributed by atoms with Gasteiger partial charge in [0.1, 0.15) is 47.1 Å². The van der Waals surface area contributed by atoms with E-state index in [1.54, 1.807) is 44.2 Å². The summed E-state index contributed by atoms with van der Waals surface area (Å²) < 4.78 is 108. The highest BCUT2D eigenvalue weighted by molar-refractivity contribution is 7.92. The van der Waals surface area contributed by atoms with Crippen LogP contribution in [0.25, 0.3) is 10.1 Å². The van der Waals surface area contributed by atoms with E-state index in [1.165, 1.54) is 13.0 Å². The molecule has 0 saturated heterocycles. The van der Waals surface area contributed by atoms with E-state index in [0.29, 0.717) is 17.2 Å². The predicted octanol–water partition coefficient (Wildman–Crippen LogP) is 6.16. The summed E-state index contributed by atoms with van der Waals surface area (Å²) in [5, 5.41) is 13.5. The first-order valence-corrected chi connectivity index (χ1v) is 21.7. The Morgan fingerprint density at radius 3 is 2.07 bits per heavy atom. The summed E-state index contributed by atoms with van der Waals surface area (Å²) in [6.07, 6.45) is -1.25. The first kappa shape index (κ1) is 45.1. The van der Waals surface area contributed by atoms with Gasteiger partial charge in [-0.15, -0.1) is 11.3 Å². The standard InChI is InChI=1S/C39H36F3N4O11PS2/c1-21-7-5-9-27(23(21)3)38(48)44-13-16-55-36-33(42)37-29(32(41)35(36)54-15-14-45-39(49)28-10-6-8-22(2)34(28)56-24(4)47)18-31(59-37)60(52,53)46-20-58(50,51)57-26-12-11-25(19-43)30(40)17-26/h5-12,17-18,46H,13-16,20H2,1-4H3,(H,44,48)(H,45,49)(H,50,51). The minimum Gasteiger partial charge on any atom is -0.485 e. The van der Waals surface area contributed by atoms with Crippen molar-refractivity contribution in [3.05, 3.63) is 111 Å². The summed E-state index contributed by atoms with van der Waals surface area (Å²) in [6.45, 7) is 5.02. The number of hydrogen-bond acceptors (Lipinski definition) is 12. The predicted molar refractivity (Wildman–Crippen MR) is 213 cm³/mol. The molecule has 0 aliphatic heterocycles. The lowest BCUT2D eigenvalue weighted by molar-refractivity contribution is -0.131. The largest absolute Gasteiger partial charge is 0.485 e. The minimum absolute atomic E-state index is 0.0173. The fraction of sp³-hybridized carbons (Fsp3) is 0.231. The molecule has 1 heterocycles. The maximum atomic E-state index is 16.3. The average molecular weight is 889 g/mol. The van der Waals surface area contributed by atoms with Crippen molar-refractivity contribution < 1.29 is 64.2 Å². The molecule has 60 heavy (non-hydrogen) atoms. The van der Waals surface area contributed by atoms with Crippen molar-refractivity contribution in [2.45, 2.75) is 31.9 Å². The Hall–Kier alpha value is -5.97. The lowest BCUT2D eigenvalue weighted by Crippen LogP contribution is -2.29. The molecule has 0 aliphatic carbocycles. The smallest absolute Gasteiger partial charge is 0.391 e. The van der Waals surface area contributed by atoms with Crippen molar-refractivity contribution in [1.29, 1.82) is 5.26 Å². The second-order valence-electron chi connectivity index (χ2n) is 12.9. The number of rotatable bonds is 17. The van der Waals surface area contributed by atoms with Gasteiger partial charge in [-0.25, -0.2) is 26.2 Å². The molecule has 2 amide bonds. The summed E-state index contributed by atoms with van der Waals surface area (Å²) in [7, 11) is -9.61. The number of sulfonamides is 1. The molecule has 5 aromatic rings. The van der Waals surface area contributed by atoms with Crippen molar-refractivity contribution >= 4 is 56.8 Å². The van der Waals surface area contributed by atoms with E-state index in [2.05, 4.69) is 10.6 Å². The third-order valence-corrected chi connectivity index (χ3v) is 12.9. The van der Waals surface area contributed by atoms with Crippen LogP contribution in [0.1, 0.15) is 49.9 Å². The Bertz CT molecular complexity index is 2710. The van der Waals surface area contributed by atoms with Gasteiger partial charge >= 0.3 is 13.6 Å². The van der Waals surface area contributed by atoms with E-state index >= 15 is 8.78 Å². The molecule has 0 saturated carbocycles. The highest BCUT2D eigenvalue weighted by Gasteiger charge is 2.31. The van der Waals surface area contributed by atoms with Gasteiger partial charge in [-0.2, -0.15) is 9.98 Å². The second-order valence-corrected chi connectivity index (χ2v) is 17.7. The molecule has 5 rings (SSSR count). The van der Waals surface area contributed by atoms with Crippen LogP contribution in [0.5, 0.6) is 23.0 Å². The Morgan fingerprint density at radius 2 is 1.45 bits per heavy atom. The molecule has 0 aliphatic rings. The van der Waals surface area contributed by atoms with Gasteiger partial charge in [-0.05, 0) is 67.8 Å². The maximum Gasteiger partial charge on any atom is 0.391 e. The van der Waals surface area contributed by atoms with E-state index < -0.39 is 104 Å². The number of benzene rings is 4. The highest BCUT2D eigenvalue weighted by atomic mass is 32.2. The van der Waals surface area contributed by atoms with Crippen LogP contribution in [0.15, 0.2) is 64.9 Å². The number of nitrogens with one attached hydrogen (secondary N) is 3. The molecule has 0 fully saturated rings. The fourth-order valence-electron chi connectivity index (χ4n) is 5.52. The number of thiophene rings is 1. The number of halogens is 3. The minimum atomic E-state index is -4.85. The molecule has 0 radical (unpaired) electrons. The van der Waals surface area contributed by atoms with Crippen molar-refractivity contribution in [3.8, 4) is 29.1 Å². The molecular weight excluding hydrogens is 853 g/mol. The Labute approximate surface area is 345 Å². The lowest BCUT2D eigenvalue weighted by atomic mass is 10.0. The van der Waals surface area contributed by atoms with Crippen LogP contribution in [-0.2, 0) is 19.4 Å². The molecule has 15 nitrogen and oxygen atoms in total. The summed E-state index contributed by atoms with van der Waals surface area (Å²) in [4.78, 5) is 47.8. The van der Waals surface area contributed by atoms with Gasteiger partial charge in [0.25, 0.3) is 21.8 Å². The number of aryl methyl sites for hydroxylation is 2. The number of fused-ring (bicyclic) bond motifs is 1. The topological polar surface area (TPSA) is 219 Å². The van der Waals surface area contributed by atoms with Crippen molar-refractivity contribution in [2.24, 2.45) is 0 Å². The SMILES string of the molecule is CC(=O)Oc1c(C)cccc1C(=O)NCCOc1c(OCCNC(=O)c2cccc(C)c2C)c(F)c2sc(S(=O)(=O)NCP(=O)(O)Oc3ccc(C#N)c(F)c3)cc2c1F. The molecule has 0 spiro atoms. The number of carbonyl (C=O) groups excluding carboxylic acids is 3. The van der Waals surface area contributed by atoms with E-state index in [-0.39, 0.29) is 41.3 Å². The third-order valence-electron chi connectivity index (χ3n) is 8.60. The number of nitriles is 1. The van der Waals surface area contributed by atoms with Crippen LogP contribution in [0.2, 0.25) is 0 Å². The zero-order valence-electron chi connectivity index (χ0n) is 32.2. The van der Waals surface area contributed by atoms with Gasteiger partial charge in [0.2, 0.25) is 11.5 Å². The molecule has 1 atom stereocenters. The molecular formula is C39H36F3N4O11PS2. The van der Waals surface area contributed by atoms with Crippen molar-refractivity contribution in [2.75, 3.05) is 32.6 Å². The van der Waals surface area contributed by atoms with Gasteiger partial charge in [0.15, 0.2) is 11.6 Å². The molecule has 1 aromatic heterocycles. The molecule has 316 valence electrons. The number of nitrogens with zero attached hydrogens (tertiary/aromatic N) is 1. The Balaban J connectivity index is 1.37. The molecule has 0 bridgehead atoms. The number of hydrogen-bond donors (Lipinski definition) is 4. The van der Waals surface area contributed by atoms with Crippen LogP contribution in [0.3, 0.4) is 0 Å². The molecule has 1 unspecified atom stereocenters. The Morgan fingerprint density at radius 1 is 0.850 bits per heavy atom. The lowest BCUT2D eigenvalue weighted by Gasteiger charge is -2.16. The van der Waals surface area contributed by atoms with Crippen LogP contribution < -0.4 is 34.1 Å². The second kappa shape index (κ2) is 19.0. The van der Waals surface area contributed by atoms with Crippen LogP contribution in [-0.4, -0.2) is 63.7 Å². The van der Waals surface area contributed by atoms with Gasteiger partial charge in [0, 0.05) is 23.9 Å². The molecule has 4 aromatic carbocycles. The number of amides is 2. The first-order valence-electron chi connectivity index (χ1n) is 17.6. The van der Waals surface area contributed by atoms with E-state index in [0.717, 1.165) is 29.3 Å². The zero-order valence-corrected chi connectivity index (χ0v) is 34.7. The van der Waals surface area contributed by atoms with Crippen molar-refractivity contribution in [1.82, 2.24) is 15.4 Å². The van der Waals surface area contributed by atoms with Gasteiger partial charge in [0.05, 0.1) is 28.9 Å². The summed E-state index contributed by atoms with van der Waals surface area (Å²) in [5.41, 5.74) is 2.14. The monoisotopic (exact) mass is 888 g/mol. The van der Waals surface area contributed by atoms with E-state index in [4.69, 9.17) is 24.0 Å². The summed E-state index contributed by atoms with van der Waals surface area (Å²) >= 11 is 0.253. The summed E-state index contributed by atoms with van der Waals surface area (Å²) in [5.74, 6) is -7.41. The van der Waals surface area contributed by atoms with E-state index in [1.807, 2.05) is 17.7 Å². The maximum absolute atomic E-state index is 16.3. The zero-order chi connectivity index (χ0) is 43.9. The van der Waals surface area contributed by atoms with Gasteiger partial charge in [-0.3, -0.25) is 14.4 Å². The number of esters is 1. The Kier molecular flexibility index (Phi) is 14.3. The van der Waals surface area contributed by atoms with Crippen LogP contribution in [0.4, 0.5) is 13.2 Å². The van der Waals surface area contributed by atoms with Crippen molar-refractivity contribution in [3.63, 3.8) is 0 Å². The average Bonchev–Trinajstić information content (AvgIpc) is 3.66. The molecule has 21 heteroatoms. The third kappa shape index (κ3) is 10.6. The summed E-state index contributed by atoms with van der Waals surface area (Å²) in [6, 6.07) is 14.7. The van der Waals surface area contributed by atoms with Crippen LogP contribution >= 0.6 is 18.9 Å². The van der Waals surface area contributed by atoms with Crippen LogP contribution in [0, 0.1) is 49.6 Å². The molecule has 4 N–H and O–H groups in total. The first-order chi connectivity index (χ1) is 28.3. The number of carbonyl (C=O) groups is 3. The fourth-order valence-corrected chi connectivity index (χ4v) is 9.46. The van der Waals surface area contributed by atoms with E-state index in [9.17, 15) is 36.7 Å². The number of ether oxygens (including phenoxy) is 3. The van der Waals surface area contributed by atoms with Gasteiger partial charge < -0.3 is 34.3 Å². The quantitative estimate of drug-likeness (QED) is 0.0357. The number of para-hydroxylation sites is 1. The van der Waals surface area contributed by atoms with Gasteiger partial charge in [-0.1, -0.05) is 24.3 Å².